The second-order valence-corrected chi connectivity index (χ2v) is 2.06. The van der Waals surface area contributed by atoms with Gasteiger partial charge >= 0.3 is 0 Å². The maximum absolute atomic E-state index is 8.37. The predicted molar refractivity (Wildman–Crippen MR) is 36.2 cm³/mol. The number of nitrogens with zero attached hydrogens (tertiary/aromatic N) is 3. The van der Waals surface area contributed by atoms with E-state index in [4.69, 9.17) is 16.4 Å². The molecule has 0 rings (SSSR count). The third-order valence-electron chi connectivity index (χ3n) is 1.27. The molecule has 4 nitrogen and oxygen atoms in total. The van der Waals surface area contributed by atoms with E-state index in [1.165, 1.54) is 5.01 Å². The van der Waals surface area contributed by atoms with Crippen LogP contribution in [0.1, 0.15) is 13.8 Å². The van der Waals surface area contributed by atoms with Crippen molar-refractivity contribution in [3.8, 4) is 12.1 Å². The van der Waals surface area contributed by atoms with Gasteiger partial charge in [-0.1, -0.05) is 0 Å². The summed E-state index contributed by atoms with van der Waals surface area (Å²) >= 11 is 0. The fraction of sp³-hybridized carbons (Fsp3) is 0.667. The minimum absolute atomic E-state index is 0.408. The molecule has 0 heterocycles. The van der Waals surface area contributed by atoms with E-state index in [9.17, 15) is 0 Å². The molecular formula is C6H10N4. The fourth-order valence-corrected chi connectivity index (χ4v) is 0.469. The normalized spacial score (nSPS) is 15.4. The van der Waals surface area contributed by atoms with Gasteiger partial charge in [-0.15, -0.1) is 0 Å². The van der Waals surface area contributed by atoms with Gasteiger partial charge in [0.2, 0.25) is 0 Å². The van der Waals surface area contributed by atoms with Crippen molar-refractivity contribution >= 4 is 0 Å². The maximum atomic E-state index is 8.37. The quantitative estimate of drug-likeness (QED) is 0.430. The lowest BCUT2D eigenvalue weighted by Gasteiger charge is -2.19. The largest absolute Gasteiger partial charge is 0.266 e. The summed E-state index contributed by atoms with van der Waals surface area (Å²) in [6, 6.07) is 3.04. The Morgan fingerprint density at radius 1 is 1.20 bits per heavy atom. The molecule has 0 fully saturated rings. The van der Waals surface area contributed by atoms with Crippen molar-refractivity contribution < 1.29 is 0 Å². The molecule has 0 aromatic carbocycles. The molecule has 2 unspecified atom stereocenters. The summed E-state index contributed by atoms with van der Waals surface area (Å²) in [5.74, 6) is 5.37. The average Bonchev–Trinajstić information content (AvgIpc) is 2.00. The fourth-order valence-electron chi connectivity index (χ4n) is 0.469. The van der Waals surface area contributed by atoms with Crippen LogP contribution in [0.5, 0.6) is 0 Å². The van der Waals surface area contributed by atoms with Gasteiger partial charge in [0.15, 0.2) is 0 Å². The van der Waals surface area contributed by atoms with E-state index >= 15 is 0 Å². The van der Waals surface area contributed by atoms with E-state index in [1.807, 2.05) is 12.1 Å². The summed E-state index contributed by atoms with van der Waals surface area (Å²) in [7, 11) is 0. The van der Waals surface area contributed by atoms with Crippen LogP contribution in [-0.4, -0.2) is 17.1 Å². The Balaban J connectivity index is 4.00. The van der Waals surface area contributed by atoms with Crippen LogP contribution in [0.2, 0.25) is 0 Å². The van der Waals surface area contributed by atoms with Crippen molar-refractivity contribution in [3.63, 3.8) is 0 Å². The Morgan fingerprint density at radius 2 is 1.50 bits per heavy atom. The maximum Gasteiger partial charge on any atom is 0.109 e. The Labute approximate surface area is 60.4 Å². The smallest absolute Gasteiger partial charge is 0.109 e. The van der Waals surface area contributed by atoms with Gasteiger partial charge in [-0.3, -0.25) is 5.84 Å². The second-order valence-electron chi connectivity index (χ2n) is 2.06. The van der Waals surface area contributed by atoms with Crippen LogP contribution in [0.25, 0.3) is 0 Å². The highest BCUT2D eigenvalue weighted by Gasteiger charge is 2.14. The molecule has 54 valence electrons. The summed E-state index contributed by atoms with van der Waals surface area (Å²) in [4.78, 5) is 0. The van der Waals surface area contributed by atoms with E-state index in [-0.39, 0.29) is 0 Å². The first-order valence-electron chi connectivity index (χ1n) is 2.95. The van der Waals surface area contributed by atoms with E-state index in [0.717, 1.165) is 0 Å². The summed E-state index contributed by atoms with van der Waals surface area (Å²) in [6.45, 7) is 3.29. The molecule has 0 aromatic rings. The van der Waals surface area contributed by atoms with Crippen LogP contribution >= 0.6 is 0 Å². The molecule has 0 aromatic heterocycles. The summed E-state index contributed by atoms with van der Waals surface area (Å²) in [5, 5.41) is 18.0. The van der Waals surface area contributed by atoms with Gasteiger partial charge in [-0.05, 0) is 13.8 Å². The number of nitriles is 2. The third-order valence-corrected chi connectivity index (χ3v) is 1.27. The van der Waals surface area contributed by atoms with Crippen molar-refractivity contribution in [2.24, 2.45) is 5.84 Å². The lowest BCUT2D eigenvalue weighted by atomic mass is 10.3. The van der Waals surface area contributed by atoms with Crippen LogP contribution in [-0.2, 0) is 0 Å². The highest BCUT2D eigenvalue weighted by atomic mass is 15.4. The molecule has 4 heteroatoms. The Hall–Kier alpha value is -1.10. The molecule has 10 heavy (non-hydrogen) atoms. The zero-order valence-electron chi connectivity index (χ0n) is 6.07. The Morgan fingerprint density at radius 3 is 1.70 bits per heavy atom. The van der Waals surface area contributed by atoms with Gasteiger partial charge in [-0.2, -0.15) is 10.5 Å². The zero-order valence-corrected chi connectivity index (χ0v) is 6.07. The third kappa shape index (κ3) is 2.02. The molecule has 0 spiro atoms. The number of hydrazine groups is 1. The summed E-state index contributed by atoms with van der Waals surface area (Å²) < 4.78 is 0. The van der Waals surface area contributed by atoms with Gasteiger partial charge in [0, 0.05) is 0 Å². The Kier molecular flexibility index (Phi) is 3.42. The molecule has 0 amide bonds. The van der Waals surface area contributed by atoms with E-state index in [1.54, 1.807) is 13.8 Å². The average molecular weight is 138 g/mol. The highest BCUT2D eigenvalue weighted by Crippen LogP contribution is 1.95. The SMILES string of the molecule is CC(C#N)N(N)C(C)C#N. The van der Waals surface area contributed by atoms with E-state index in [0.29, 0.717) is 0 Å². The molecule has 0 aliphatic rings. The molecule has 2 atom stereocenters. The lowest BCUT2D eigenvalue weighted by Crippen LogP contribution is -2.44. The summed E-state index contributed by atoms with van der Waals surface area (Å²) in [5.41, 5.74) is 0. The first-order chi connectivity index (χ1) is 4.63. The van der Waals surface area contributed by atoms with Crippen LogP contribution in [0.3, 0.4) is 0 Å². The monoisotopic (exact) mass is 138 g/mol. The molecular weight excluding hydrogens is 128 g/mol. The van der Waals surface area contributed by atoms with E-state index < -0.39 is 12.1 Å². The standard InChI is InChI=1S/C6H10N4/c1-5(3-7)10(9)6(2)4-8/h5-6H,9H2,1-2H3. The van der Waals surface area contributed by atoms with Crippen LogP contribution in [0, 0.1) is 22.7 Å². The molecule has 0 saturated heterocycles. The second kappa shape index (κ2) is 3.84. The topological polar surface area (TPSA) is 76.8 Å². The van der Waals surface area contributed by atoms with Gasteiger partial charge in [0.1, 0.15) is 12.1 Å². The van der Waals surface area contributed by atoms with Crippen molar-refractivity contribution in [1.82, 2.24) is 5.01 Å². The number of hydrogen-bond donors (Lipinski definition) is 1. The molecule has 0 saturated carbocycles. The minimum Gasteiger partial charge on any atom is -0.266 e. The predicted octanol–water partition coefficient (Wildman–Crippen LogP) is -0.0137. The van der Waals surface area contributed by atoms with Crippen molar-refractivity contribution in [1.29, 1.82) is 10.5 Å². The molecule has 0 aliphatic heterocycles. The van der Waals surface area contributed by atoms with Gasteiger partial charge in [0.25, 0.3) is 0 Å². The number of hydrogen-bond acceptors (Lipinski definition) is 4. The van der Waals surface area contributed by atoms with E-state index in [2.05, 4.69) is 0 Å². The Bertz CT molecular complexity index is 155. The van der Waals surface area contributed by atoms with Gasteiger partial charge in [0.05, 0.1) is 12.1 Å². The van der Waals surface area contributed by atoms with Gasteiger partial charge < -0.3 is 0 Å². The first kappa shape index (κ1) is 8.90. The molecule has 2 N–H and O–H groups in total. The molecule has 0 aliphatic carbocycles. The molecule has 0 bridgehead atoms. The first-order valence-corrected chi connectivity index (χ1v) is 2.95. The zero-order chi connectivity index (χ0) is 8.15. The van der Waals surface area contributed by atoms with Gasteiger partial charge in [-0.25, -0.2) is 5.01 Å². The van der Waals surface area contributed by atoms with Crippen molar-refractivity contribution in [2.75, 3.05) is 0 Å². The highest BCUT2D eigenvalue weighted by molar-refractivity contribution is 4.94. The minimum atomic E-state index is -0.408. The van der Waals surface area contributed by atoms with Crippen molar-refractivity contribution in [3.05, 3.63) is 0 Å². The summed E-state index contributed by atoms with van der Waals surface area (Å²) in [6.07, 6.45) is 0. The number of rotatable bonds is 2. The number of nitrogens with two attached hydrogens (primary N) is 1. The molecule has 0 radical (unpaired) electrons. The van der Waals surface area contributed by atoms with Crippen molar-refractivity contribution in [2.45, 2.75) is 25.9 Å². The van der Waals surface area contributed by atoms with Crippen LogP contribution in [0.4, 0.5) is 0 Å². The lowest BCUT2D eigenvalue weighted by molar-refractivity contribution is 0.225. The van der Waals surface area contributed by atoms with Crippen LogP contribution < -0.4 is 5.84 Å². The van der Waals surface area contributed by atoms with Crippen LogP contribution in [0.15, 0.2) is 0 Å².